The van der Waals surface area contributed by atoms with Crippen molar-refractivity contribution >= 4 is 38.0 Å². The van der Waals surface area contributed by atoms with Crippen LogP contribution in [-0.4, -0.2) is 15.9 Å². The van der Waals surface area contributed by atoms with Crippen LogP contribution in [0.1, 0.15) is 98.4 Å². The summed E-state index contributed by atoms with van der Waals surface area (Å²) < 4.78 is 3.18. The summed E-state index contributed by atoms with van der Waals surface area (Å²) >= 11 is 1.86. The van der Waals surface area contributed by atoms with Crippen LogP contribution in [0.4, 0.5) is 0 Å². The first-order valence-corrected chi connectivity index (χ1v) is 18.8. The number of thiophene rings is 1. The van der Waals surface area contributed by atoms with Gasteiger partial charge in [-0.1, -0.05) is 91.5 Å². The van der Waals surface area contributed by atoms with Crippen molar-refractivity contribution in [3.8, 4) is 22.5 Å². The van der Waals surface area contributed by atoms with Gasteiger partial charge in [0, 0.05) is 56.1 Å². The normalized spacial score (nSPS) is 12.0. The Kier molecular flexibility index (Phi) is 15.0. The summed E-state index contributed by atoms with van der Waals surface area (Å²) in [6.45, 7) is 19.4. The predicted molar refractivity (Wildman–Crippen MR) is 209 cm³/mol. The minimum atomic E-state index is 0. The molecule has 50 heavy (non-hydrogen) atoms. The molecular formula is C44H55IrN2O2S-. The van der Waals surface area contributed by atoms with Gasteiger partial charge in [-0.05, 0) is 78.7 Å². The standard InChI is InChI=1S/C31H31N2S.C13H24O2.Ir/c1-20(2)13-25-15-24-17-28(32-19-30(24)34-25)22-11-12-33(6)29(18-22)23-14-21-9-7-8-10-26(21)27(16-23)31(3,4)5;1-5-10(6-2)12(14)9-13(15)11(7-3)8-4;/h7-12,15-20H,6,13H2,1-5H3;9-11,14H,5-8H2,1-4H3;/q-1;;/b;12-9-;. The molecule has 2 aromatic carbocycles. The van der Waals surface area contributed by atoms with Gasteiger partial charge in [0.2, 0.25) is 0 Å². The van der Waals surface area contributed by atoms with Crippen molar-refractivity contribution in [2.24, 2.45) is 17.8 Å². The first-order valence-electron chi connectivity index (χ1n) is 17.9. The average molecular weight is 868 g/mol. The minimum absolute atomic E-state index is 0. The largest absolute Gasteiger partial charge is 0.512 e. The van der Waals surface area contributed by atoms with Gasteiger partial charge < -0.3 is 9.67 Å². The van der Waals surface area contributed by atoms with Crippen molar-refractivity contribution in [2.45, 2.75) is 99.8 Å². The van der Waals surface area contributed by atoms with E-state index in [1.807, 2.05) is 56.0 Å². The Morgan fingerprint density at radius 2 is 1.64 bits per heavy atom. The maximum atomic E-state index is 11.7. The van der Waals surface area contributed by atoms with E-state index in [1.54, 1.807) is 0 Å². The van der Waals surface area contributed by atoms with Gasteiger partial charge in [0.05, 0.1) is 22.3 Å². The number of hydrogen-bond donors (Lipinski definition) is 1. The van der Waals surface area contributed by atoms with Crippen molar-refractivity contribution in [3.05, 3.63) is 102 Å². The molecule has 0 atom stereocenters. The topological polar surface area (TPSA) is 54.1 Å². The van der Waals surface area contributed by atoms with E-state index in [9.17, 15) is 9.90 Å². The fourth-order valence-electron chi connectivity index (χ4n) is 6.35. The fraction of sp³-hybridized carbons (Fsp3) is 0.409. The molecule has 0 spiro atoms. The molecule has 0 unspecified atom stereocenters. The summed E-state index contributed by atoms with van der Waals surface area (Å²) in [6, 6.07) is 23.3. The molecule has 3 heterocycles. The van der Waals surface area contributed by atoms with Crippen LogP contribution in [0.25, 0.3) is 43.4 Å². The van der Waals surface area contributed by atoms with Crippen LogP contribution >= 0.6 is 11.3 Å². The first-order chi connectivity index (χ1) is 23.3. The van der Waals surface area contributed by atoms with Crippen molar-refractivity contribution in [3.63, 3.8) is 0 Å². The maximum Gasteiger partial charge on any atom is 0.162 e. The van der Waals surface area contributed by atoms with Crippen LogP contribution in [-0.2, 0) is 36.7 Å². The number of carbonyl (C=O) groups is 1. The SMILES string of the molecule is CCC(CC)C(=O)/C=C(\O)C(CC)CC.[CH2-][n+]1ccc(-c2cc3cc(CC(C)C)sc3cn2)cc1-c1[c-]c2ccccc2c(C(C)(C)C)c1.[Ir]. The zero-order valence-corrected chi connectivity index (χ0v) is 34.6. The first kappa shape index (κ1) is 41.1. The molecule has 0 saturated heterocycles. The van der Waals surface area contributed by atoms with Gasteiger partial charge >= 0.3 is 0 Å². The Morgan fingerprint density at radius 3 is 2.26 bits per heavy atom. The molecule has 0 amide bonds. The van der Waals surface area contributed by atoms with Crippen LogP contribution in [0.2, 0.25) is 0 Å². The second-order valence-electron chi connectivity index (χ2n) is 14.6. The Bertz CT molecular complexity index is 1910. The van der Waals surface area contributed by atoms with Crippen LogP contribution in [0.5, 0.6) is 0 Å². The van der Waals surface area contributed by atoms with Gasteiger partial charge in [-0.15, -0.1) is 40.5 Å². The summed E-state index contributed by atoms with van der Waals surface area (Å²) in [4.78, 5) is 18.0. The summed E-state index contributed by atoms with van der Waals surface area (Å²) in [6.07, 6.45) is 10.1. The molecule has 0 aliphatic rings. The van der Waals surface area contributed by atoms with Crippen molar-refractivity contribution in [1.29, 1.82) is 0 Å². The molecular weight excluding hydrogens is 813 g/mol. The number of hydrogen-bond acceptors (Lipinski definition) is 4. The van der Waals surface area contributed by atoms with E-state index in [-0.39, 0.29) is 48.9 Å². The molecule has 5 rings (SSSR count). The van der Waals surface area contributed by atoms with E-state index in [0.29, 0.717) is 5.92 Å². The molecule has 0 aliphatic heterocycles. The van der Waals surface area contributed by atoms with Gasteiger partial charge in [0.25, 0.3) is 0 Å². The molecule has 269 valence electrons. The van der Waals surface area contributed by atoms with Gasteiger partial charge in [-0.3, -0.25) is 9.78 Å². The molecule has 3 aromatic heterocycles. The smallest absolute Gasteiger partial charge is 0.162 e. The predicted octanol–water partition coefficient (Wildman–Crippen LogP) is 11.9. The third kappa shape index (κ3) is 10.1. The van der Waals surface area contributed by atoms with E-state index in [1.165, 1.54) is 32.0 Å². The molecule has 6 heteroatoms. The maximum absolute atomic E-state index is 11.7. The molecule has 1 N–H and O–H groups in total. The Balaban J connectivity index is 0.000000361. The number of fused-ring (bicyclic) bond motifs is 2. The van der Waals surface area contributed by atoms with Crippen LogP contribution < -0.4 is 4.57 Å². The second kappa shape index (κ2) is 18.3. The quantitative estimate of drug-likeness (QED) is 0.0623. The van der Waals surface area contributed by atoms with E-state index in [0.717, 1.165) is 60.0 Å². The Labute approximate surface area is 318 Å². The van der Waals surface area contributed by atoms with Gasteiger partial charge in [0.1, 0.15) is 5.69 Å². The third-order valence-corrected chi connectivity index (χ3v) is 10.4. The van der Waals surface area contributed by atoms with Crippen molar-refractivity contribution in [2.75, 3.05) is 0 Å². The number of carbonyl (C=O) groups excluding carboxylic acids is 1. The van der Waals surface area contributed by atoms with E-state index >= 15 is 0 Å². The zero-order valence-electron chi connectivity index (χ0n) is 31.4. The van der Waals surface area contributed by atoms with Crippen LogP contribution in [0.3, 0.4) is 0 Å². The number of allylic oxidation sites excluding steroid dienone is 2. The second-order valence-corrected chi connectivity index (χ2v) is 15.7. The number of nitrogens with zero attached hydrogens (tertiary/aromatic N) is 2. The summed E-state index contributed by atoms with van der Waals surface area (Å²) in [5, 5.41) is 13.4. The summed E-state index contributed by atoms with van der Waals surface area (Å²) in [5.74, 6) is 1.20. The zero-order chi connectivity index (χ0) is 35.9. The average Bonchev–Trinajstić information content (AvgIpc) is 3.46. The molecule has 1 radical (unpaired) electrons. The molecule has 0 saturated carbocycles. The van der Waals surface area contributed by atoms with E-state index in [2.05, 4.69) is 102 Å². The Hall–Kier alpha value is -3.31. The molecule has 4 nitrogen and oxygen atoms in total. The summed E-state index contributed by atoms with van der Waals surface area (Å²) in [7, 11) is 4.26. The molecule has 0 fully saturated rings. The number of aliphatic hydroxyl groups is 1. The number of ketones is 1. The minimum Gasteiger partial charge on any atom is -0.512 e. The monoisotopic (exact) mass is 868 g/mol. The molecule has 5 aromatic rings. The summed E-state index contributed by atoms with van der Waals surface area (Å²) in [5.41, 5.74) is 5.50. The number of benzene rings is 2. The number of aromatic nitrogens is 2. The van der Waals surface area contributed by atoms with Gasteiger partial charge in [-0.2, -0.15) is 0 Å². The van der Waals surface area contributed by atoms with Gasteiger partial charge in [-0.25, -0.2) is 0 Å². The molecule has 0 bridgehead atoms. The van der Waals surface area contributed by atoms with E-state index < -0.39 is 0 Å². The number of pyridine rings is 2. The van der Waals surface area contributed by atoms with E-state index in [4.69, 9.17) is 4.98 Å². The molecule has 0 aliphatic carbocycles. The van der Waals surface area contributed by atoms with Crippen molar-refractivity contribution < 1.29 is 34.6 Å². The van der Waals surface area contributed by atoms with Gasteiger partial charge in [0.15, 0.2) is 5.78 Å². The van der Waals surface area contributed by atoms with Crippen LogP contribution in [0.15, 0.2) is 78.8 Å². The third-order valence-electron chi connectivity index (χ3n) is 9.34. The fourth-order valence-corrected chi connectivity index (χ4v) is 7.58. The van der Waals surface area contributed by atoms with Crippen molar-refractivity contribution in [1.82, 2.24) is 4.98 Å². The Morgan fingerprint density at radius 1 is 0.980 bits per heavy atom. The van der Waals surface area contributed by atoms with Crippen LogP contribution in [0, 0.1) is 30.9 Å². The number of aliphatic hydroxyl groups excluding tert-OH is 1. The number of rotatable bonds is 11.